The molecule has 0 fully saturated rings. The lowest BCUT2D eigenvalue weighted by atomic mass is 9.94. The zero-order valence-electron chi connectivity index (χ0n) is 17.8. The van der Waals surface area contributed by atoms with Crippen molar-refractivity contribution in [1.82, 2.24) is 4.90 Å². The number of hydrogen-bond donors (Lipinski definition) is 1. The normalized spacial score (nSPS) is 18.3. The average Bonchev–Trinajstić information content (AvgIpc) is 2.81. The molecular formula is C24H31NO4. The van der Waals surface area contributed by atoms with E-state index in [1.165, 1.54) is 0 Å². The molecule has 1 aromatic carbocycles. The number of allylic oxidation sites excluding steroid dienone is 2. The van der Waals surface area contributed by atoms with Crippen molar-refractivity contribution in [3.63, 3.8) is 0 Å². The summed E-state index contributed by atoms with van der Waals surface area (Å²) in [7, 11) is 1.69. The SMILES string of the molecule is C=C(O)C1=CN2C(=CC1=C)c1cc(C)c(OCCCOC)cc1OC[C@H]2C(C)C. The fraction of sp³-hybridized carbons (Fsp3) is 0.417. The van der Waals surface area contributed by atoms with Gasteiger partial charge in [0.2, 0.25) is 0 Å². The van der Waals surface area contributed by atoms with E-state index in [1.54, 1.807) is 7.11 Å². The van der Waals surface area contributed by atoms with E-state index in [4.69, 9.17) is 14.2 Å². The van der Waals surface area contributed by atoms with Crippen LogP contribution in [0.25, 0.3) is 5.70 Å². The van der Waals surface area contributed by atoms with Crippen LogP contribution in [-0.4, -0.2) is 43.0 Å². The van der Waals surface area contributed by atoms with E-state index in [2.05, 4.69) is 38.0 Å². The molecule has 1 N–H and O–H groups in total. The topological polar surface area (TPSA) is 51.2 Å². The highest BCUT2D eigenvalue weighted by Gasteiger charge is 2.32. The smallest absolute Gasteiger partial charge is 0.132 e. The van der Waals surface area contributed by atoms with Crippen molar-refractivity contribution in [2.45, 2.75) is 33.2 Å². The first-order valence-electron chi connectivity index (χ1n) is 10.0. The maximum absolute atomic E-state index is 9.99. The van der Waals surface area contributed by atoms with Gasteiger partial charge in [0.05, 0.1) is 18.3 Å². The molecule has 0 amide bonds. The number of fused-ring (bicyclic) bond motifs is 3. The highest BCUT2D eigenvalue weighted by molar-refractivity contribution is 5.78. The maximum Gasteiger partial charge on any atom is 0.132 e. The molecule has 0 aliphatic carbocycles. The van der Waals surface area contributed by atoms with Gasteiger partial charge in [0.1, 0.15) is 23.9 Å². The third kappa shape index (κ3) is 4.35. The molecule has 0 radical (unpaired) electrons. The van der Waals surface area contributed by atoms with E-state index in [1.807, 2.05) is 25.3 Å². The van der Waals surface area contributed by atoms with Crippen molar-refractivity contribution >= 4 is 5.70 Å². The summed E-state index contributed by atoms with van der Waals surface area (Å²) in [6.07, 6.45) is 4.77. The predicted octanol–water partition coefficient (Wildman–Crippen LogP) is 5.00. The van der Waals surface area contributed by atoms with E-state index in [-0.39, 0.29) is 11.8 Å². The van der Waals surface area contributed by atoms with Crippen LogP contribution in [0, 0.1) is 12.8 Å². The van der Waals surface area contributed by atoms with Gasteiger partial charge in [0, 0.05) is 43.5 Å². The third-order valence-electron chi connectivity index (χ3n) is 5.35. The highest BCUT2D eigenvalue weighted by Crippen LogP contribution is 2.42. The molecule has 3 rings (SSSR count). The number of ether oxygens (including phenoxy) is 3. The van der Waals surface area contributed by atoms with Crippen LogP contribution in [0.5, 0.6) is 11.5 Å². The van der Waals surface area contributed by atoms with Gasteiger partial charge in [-0.15, -0.1) is 0 Å². The summed E-state index contributed by atoms with van der Waals surface area (Å²) in [6.45, 7) is 16.0. The molecule has 0 unspecified atom stereocenters. The Labute approximate surface area is 173 Å². The molecule has 156 valence electrons. The van der Waals surface area contributed by atoms with Crippen LogP contribution in [-0.2, 0) is 4.74 Å². The number of nitrogens with zero attached hydrogens (tertiary/aromatic N) is 1. The van der Waals surface area contributed by atoms with Crippen LogP contribution in [0.1, 0.15) is 31.4 Å². The monoisotopic (exact) mass is 397 g/mol. The summed E-state index contributed by atoms with van der Waals surface area (Å²) in [5.41, 5.74) is 4.44. The minimum absolute atomic E-state index is 0.0224. The summed E-state index contributed by atoms with van der Waals surface area (Å²) in [5.74, 6) is 1.98. The largest absolute Gasteiger partial charge is 0.508 e. The number of rotatable bonds is 7. The van der Waals surface area contributed by atoms with Crippen molar-refractivity contribution in [1.29, 1.82) is 0 Å². The van der Waals surface area contributed by atoms with Gasteiger partial charge in [-0.1, -0.05) is 27.0 Å². The first-order chi connectivity index (χ1) is 13.8. The summed E-state index contributed by atoms with van der Waals surface area (Å²) < 4.78 is 17.3. The van der Waals surface area contributed by atoms with Crippen LogP contribution < -0.4 is 9.47 Å². The second kappa shape index (κ2) is 8.78. The number of hydrogen-bond acceptors (Lipinski definition) is 5. The number of aryl methyl sites for hydroxylation is 1. The quantitative estimate of drug-likeness (QED) is 0.519. The van der Waals surface area contributed by atoms with Gasteiger partial charge in [-0.3, -0.25) is 0 Å². The molecule has 0 aromatic heterocycles. The van der Waals surface area contributed by atoms with Crippen molar-refractivity contribution in [2.24, 2.45) is 5.92 Å². The Morgan fingerprint density at radius 1 is 1.34 bits per heavy atom. The van der Waals surface area contributed by atoms with E-state index in [0.29, 0.717) is 31.3 Å². The van der Waals surface area contributed by atoms with Gasteiger partial charge >= 0.3 is 0 Å². The van der Waals surface area contributed by atoms with Gasteiger partial charge in [-0.05, 0) is 36.1 Å². The van der Waals surface area contributed by atoms with E-state index >= 15 is 0 Å². The Kier molecular flexibility index (Phi) is 6.38. The van der Waals surface area contributed by atoms with Gasteiger partial charge in [0.25, 0.3) is 0 Å². The molecule has 1 aromatic rings. The summed E-state index contributed by atoms with van der Waals surface area (Å²) >= 11 is 0. The minimum Gasteiger partial charge on any atom is -0.508 e. The lowest BCUT2D eigenvalue weighted by Crippen LogP contribution is -2.38. The molecule has 1 atom stereocenters. The predicted molar refractivity (Wildman–Crippen MR) is 116 cm³/mol. The molecule has 2 aliphatic heterocycles. The Hall–Kier alpha value is -2.66. The molecule has 0 bridgehead atoms. The fourth-order valence-electron chi connectivity index (χ4n) is 3.66. The van der Waals surface area contributed by atoms with Crippen molar-refractivity contribution in [3.05, 3.63) is 65.6 Å². The van der Waals surface area contributed by atoms with Crippen molar-refractivity contribution in [3.8, 4) is 11.5 Å². The first kappa shape index (κ1) is 21.1. The third-order valence-corrected chi connectivity index (χ3v) is 5.35. The van der Waals surface area contributed by atoms with Crippen LogP contribution in [0.2, 0.25) is 0 Å². The maximum atomic E-state index is 9.99. The Balaban J connectivity index is 2.00. The molecule has 5 nitrogen and oxygen atoms in total. The first-order valence-corrected chi connectivity index (χ1v) is 10.0. The lowest BCUT2D eigenvalue weighted by molar-refractivity contribution is 0.171. The number of benzene rings is 1. The number of methoxy groups -OCH3 is 1. The Bertz CT molecular complexity index is 866. The van der Waals surface area contributed by atoms with Crippen molar-refractivity contribution in [2.75, 3.05) is 26.9 Å². The lowest BCUT2D eigenvalue weighted by Gasteiger charge is -2.35. The molecule has 0 spiro atoms. The van der Waals surface area contributed by atoms with Crippen LogP contribution in [0.15, 0.2) is 54.5 Å². The van der Waals surface area contributed by atoms with E-state index in [9.17, 15) is 5.11 Å². The molecule has 2 aliphatic rings. The Morgan fingerprint density at radius 3 is 2.76 bits per heavy atom. The van der Waals surface area contributed by atoms with Gasteiger partial charge < -0.3 is 24.2 Å². The van der Waals surface area contributed by atoms with Crippen molar-refractivity contribution < 1.29 is 19.3 Å². The highest BCUT2D eigenvalue weighted by atomic mass is 16.5. The molecule has 0 saturated carbocycles. The van der Waals surface area contributed by atoms with Crippen LogP contribution in [0.3, 0.4) is 0 Å². The van der Waals surface area contributed by atoms with Crippen LogP contribution in [0.4, 0.5) is 0 Å². The summed E-state index contributed by atoms with van der Waals surface area (Å²) in [6, 6.07) is 4.19. The summed E-state index contributed by atoms with van der Waals surface area (Å²) in [4.78, 5) is 2.18. The molecule has 5 heteroatoms. The van der Waals surface area contributed by atoms with E-state index < -0.39 is 0 Å². The fourth-order valence-corrected chi connectivity index (χ4v) is 3.66. The average molecular weight is 398 g/mol. The van der Waals surface area contributed by atoms with Gasteiger partial charge in [0.15, 0.2) is 0 Å². The zero-order chi connectivity index (χ0) is 21.1. The number of aliphatic hydroxyl groups is 1. The molecule has 0 saturated heterocycles. The Morgan fingerprint density at radius 2 is 2.10 bits per heavy atom. The van der Waals surface area contributed by atoms with E-state index in [0.717, 1.165) is 40.3 Å². The van der Waals surface area contributed by atoms with Gasteiger partial charge in [-0.2, -0.15) is 0 Å². The standard InChI is InChI=1S/C24H31NO4/c1-15(2)22-14-29-24-12-23(28-9-7-8-27-6)17(4)10-19(24)21-11-16(3)20(18(5)26)13-25(21)22/h10-13,15,22,26H,3,5,7-9,14H2,1-2,4,6H3/t22-/m0/s1. The molecule has 2 heterocycles. The molecular weight excluding hydrogens is 366 g/mol. The zero-order valence-corrected chi connectivity index (χ0v) is 17.8. The minimum atomic E-state index is 0.0224. The summed E-state index contributed by atoms with van der Waals surface area (Å²) in [5, 5.41) is 9.99. The van der Waals surface area contributed by atoms with Crippen LogP contribution >= 0.6 is 0 Å². The second-order valence-corrected chi connectivity index (χ2v) is 7.88. The molecule has 29 heavy (non-hydrogen) atoms. The van der Waals surface area contributed by atoms with Gasteiger partial charge in [-0.25, -0.2) is 0 Å². The second-order valence-electron chi connectivity index (χ2n) is 7.88. The number of aliphatic hydroxyl groups excluding tert-OH is 1.